The Labute approximate surface area is 166 Å². The zero-order valence-electron chi connectivity index (χ0n) is 14.9. The summed E-state index contributed by atoms with van der Waals surface area (Å²) >= 11 is 6.10. The Balaban J connectivity index is 1.49. The average molecular weight is 399 g/mol. The van der Waals surface area contributed by atoms with Crippen molar-refractivity contribution >= 4 is 40.0 Å². The first-order valence-electron chi connectivity index (χ1n) is 9.01. The molecule has 144 valence electrons. The summed E-state index contributed by atoms with van der Waals surface area (Å²) in [7, 11) is 0. The van der Waals surface area contributed by atoms with Gasteiger partial charge in [0.1, 0.15) is 6.04 Å². The number of rotatable bonds is 4. The molecule has 1 aromatic heterocycles. The van der Waals surface area contributed by atoms with Crippen LogP contribution in [0.1, 0.15) is 24.5 Å². The smallest absolute Gasteiger partial charge is 0.256 e. The molecule has 3 aromatic rings. The number of carbonyl (C=O) groups is 2. The van der Waals surface area contributed by atoms with Gasteiger partial charge in [0.2, 0.25) is 5.91 Å². The molecule has 2 amide bonds. The predicted octanol–water partition coefficient (Wildman–Crippen LogP) is 2.88. The molecule has 1 saturated heterocycles. The number of likely N-dealkylation sites (tertiary alicyclic amines) is 1. The zero-order valence-corrected chi connectivity index (χ0v) is 15.7. The average Bonchev–Trinajstić information content (AvgIpc) is 3.36. The summed E-state index contributed by atoms with van der Waals surface area (Å²) in [6.45, 7) is 0.416. The van der Waals surface area contributed by atoms with Crippen molar-refractivity contribution in [2.45, 2.75) is 25.0 Å². The number of anilines is 1. The topological polar surface area (TPSA) is 98.3 Å². The summed E-state index contributed by atoms with van der Waals surface area (Å²) in [5.74, 6) is -0.795. The fraction of sp³-hybridized carbons (Fsp3) is 0.250. The van der Waals surface area contributed by atoms with E-state index in [4.69, 9.17) is 11.6 Å². The number of aliphatic hydroxyl groups excluding tert-OH is 1. The van der Waals surface area contributed by atoms with Gasteiger partial charge in [-0.2, -0.15) is 5.10 Å². The lowest BCUT2D eigenvalue weighted by Gasteiger charge is -2.26. The van der Waals surface area contributed by atoms with Gasteiger partial charge in [-0.1, -0.05) is 29.8 Å². The van der Waals surface area contributed by atoms with Gasteiger partial charge >= 0.3 is 0 Å². The summed E-state index contributed by atoms with van der Waals surface area (Å²) in [5, 5.41) is 21.4. The molecule has 0 bridgehead atoms. The maximum absolute atomic E-state index is 12.8. The van der Waals surface area contributed by atoms with E-state index in [9.17, 15) is 14.7 Å². The van der Waals surface area contributed by atoms with Crippen LogP contribution in [-0.4, -0.2) is 44.6 Å². The Morgan fingerprint density at radius 1 is 1.29 bits per heavy atom. The van der Waals surface area contributed by atoms with Gasteiger partial charge in [0, 0.05) is 28.2 Å². The predicted molar refractivity (Wildman–Crippen MR) is 106 cm³/mol. The summed E-state index contributed by atoms with van der Waals surface area (Å²) in [6.07, 6.45) is 1.51. The number of aliphatic hydroxyl groups is 1. The van der Waals surface area contributed by atoms with E-state index in [1.165, 1.54) is 4.90 Å². The number of halogens is 1. The van der Waals surface area contributed by atoms with Crippen molar-refractivity contribution in [3.8, 4) is 0 Å². The number of carbonyl (C=O) groups excluding carboxylic acids is 2. The first-order chi connectivity index (χ1) is 13.5. The maximum atomic E-state index is 12.8. The van der Waals surface area contributed by atoms with E-state index < -0.39 is 18.1 Å². The summed E-state index contributed by atoms with van der Waals surface area (Å²) in [6, 6.07) is 11.4. The Hall–Kier alpha value is -2.90. The molecule has 4 rings (SSSR count). The third-order valence-electron chi connectivity index (χ3n) is 4.98. The molecule has 1 aliphatic rings. The zero-order chi connectivity index (χ0) is 19.7. The second kappa shape index (κ2) is 7.61. The van der Waals surface area contributed by atoms with E-state index in [0.29, 0.717) is 35.7 Å². The van der Waals surface area contributed by atoms with Crippen LogP contribution in [0.5, 0.6) is 0 Å². The minimum Gasteiger partial charge on any atom is -0.378 e. The van der Waals surface area contributed by atoms with E-state index in [2.05, 4.69) is 15.5 Å². The minimum absolute atomic E-state index is 0.278. The van der Waals surface area contributed by atoms with Crippen molar-refractivity contribution in [1.29, 1.82) is 0 Å². The normalized spacial score (nSPS) is 17.6. The van der Waals surface area contributed by atoms with Crippen LogP contribution in [-0.2, 0) is 9.59 Å². The van der Waals surface area contributed by atoms with Crippen LogP contribution in [0.4, 0.5) is 5.69 Å². The number of fused-ring (bicyclic) bond motifs is 1. The lowest BCUT2D eigenvalue weighted by atomic mass is 10.1. The standard InChI is InChI=1S/C20H19ClN4O3/c21-15-5-2-1-4-14(15)18(26)20(28)25-9-3-6-17(25)19(27)23-13-7-8-16-12(10-13)11-22-24-16/h1-2,4-5,7-8,10-11,17-18,26H,3,6,9H2,(H,22,24)(H,23,27)/t17-,18-/m1/s1. The molecular weight excluding hydrogens is 380 g/mol. The highest BCUT2D eigenvalue weighted by molar-refractivity contribution is 6.31. The quantitative estimate of drug-likeness (QED) is 0.629. The molecule has 28 heavy (non-hydrogen) atoms. The highest BCUT2D eigenvalue weighted by atomic mass is 35.5. The van der Waals surface area contributed by atoms with Gasteiger partial charge in [-0.05, 0) is 37.1 Å². The second-order valence-electron chi connectivity index (χ2n) is 6.77. The minimum atomic E-state index is -1.40. The molecule has 3 N–H and O–H groups in total. The van der Waals surface area contributed by atoms with Crippen molar-refractivity contribution in [3.05, 3.63) is 59.2 Å². The van der Waals surface area contributed by atoms with Gasteiger partial charge < -0.3 is 15.3 Å². The summed E-state index contributed by atoms with van der Waals surface area (Å²) in [5.41, 5.74) is 1.84. The third-order valence-corrected chi connectivity index (χ3v) is 5.32. The van der Waals surface area contributed by atoms with E-state index >= 15 is 0 Å². The number of hydrogen-bond acceptors (Lipinski definition) is 4. The first kappa shape index (κ1) is 18.5. The number of hydrogen-bond donors (Lipinski definition) is 3. The molecule has 0 aliphatic carbocycles. The number of aromatic nitrogens is 2. The SMILES string of the molecule is O=C(Nc1ccc2[nH]ncc2c1)[C@H]1CCCN1C(=O)[C@H](O)c1ccccc1Cl. The van der Waals surface area contributed by atoms with Crippen molar-refractivity contribution in [2.75, 3.05) is 11.9 Å². The number of nitrogens with one attached hydrogen (secondary N) is 2. The molecule has 1 aliphatic heterocycles. The lowest BCUT2D eigenvalue weighted by molar-refractivity contribution is -0.144. The Bertz CT molecular complexity index is 1030. The summed E-state index contributed by atoms with van der Waals surface area (Å²) < 4.78 is 0. The Kier molecular flexibility index (Phi) is 5.02. The van der Waals surface area contributed by atoms with E-state index in [1.54, 1.807) is 36.5 Å². The van der Waals surface area contributed by atoms with Gasteiger partial charge in [0.05, 0.1) is 11.7 Å². The highest BCUT2D eigenvalue weighted by Crippen LogP contribution is 2.28. The number of aromatic amines is 1. The van der Waals surface area contributed by atoms with Gasteiger partial charge in [0.25, 0.3) is 5.91 Å². The van der Waals surface area contributed by atoms with Crippen molar-refractivity contribution < 1.29 is 14.7 Å². The number of H-pyrrole nitrogens is 1. The highest BCUT2D eigenvalue weighted by Gasteiger charge is 2.37. The van der Waals surface area contributed by atoms with Gasteiger partial charge in [-0.25, -0.2) is 0 Å². The maximum Gasteiger partial charge on any atom is 0.256 e. The molecule has 8 heteroatoms. The fourth-order valence-electron chi connectivity index (χ4n) is 3.54. The molecule has 2 aromatic carbocycles. The Morgan fingerprint density at radius 2 is 2.11 bits per heavy atom. The van der Waals surface area contributed by atoms with E-state index in [0.717, 1.165) is 10.9 Å². The van der Waals surface area contributed by atoms with E-state index in [-0.39, 0.29) is 5.91 Å². The molecule has 2 heterocycles. The van der Waals surface area contributed by atoms with Crippen LogP contribution in [0.2, 0.25) is 5.02 Å². The molecule has 2 atom stereocenters. The summed E-state index contributed by atoms with van der Waals surface area (Å²) in [4.78, 5) is 27.1. The van der Waals surface area contributed by atoms with Crippen LogP contribution < -0.4 is 5.32 Å². The molecule has 0 unspecified atom stereocenters. The van der Waals surface area contributed by atoms with Crippen molar-refractivity contribution in [2.24, 2.45) is 0 Å². The first-order valence-corrected chi connectivity index (χ1v) is 9.39. The lowest BCUT2D eigenvalue weighted by Crippen LogP contribution is -2.45. The van der Waals surface area contributed by atoms with Crippen LogP contribution in [0.3, 0.4) is 0 Å². The molecule has 0 saturated carbocycles. The van der Waals surface area contributed by atoms with E-state index in [1.807, 2.05) is 12.1 Å². The fourth-order valence-corrected chi connectivity index (χ4v) is 3.78. The molecular formula is C20H19ClN4O3. The van der Waals surface area contributed by atoms with Crippen molar-refractivity contribution in [3.63, 3.8) is 0 Å². The molecule has 0 radical (unpaired) electrons. The molecule has 1 fully saturated rings. The van der Waals surface area contributed by atoms with Crippen LogP contribution in [0.25, 0.3) is 10.9 Å². The number of benzene rings is 2. The number of nitrogens with zero attached hydrogens (tertiary/aromatic N) is 2. The van der Waals surface area contributed by atoms with Crippen LogP contribution in [0.15, 0.2) is 48.7 Å². The van der Waals surface area contributed by atoms with Gasteiger partial charge in [0.15, 0.2) is 6.10 Å². The third kappa shape index (κ3) is 3.46. The molecule has 0 spiro atoms. The van der Waals surface area contributed by atoms with Gasteiger partial charge in [-0.15, -0.1) is 0 Å². The monoisotopic (exact) mass is 398 g/mol. The van der Waals surface area contributed by atoms with Crippen LogP contribution in [0, 0.1) is 0 Å². The Morgan fingerprint density at radius 3 is 2.93 bits per heavy atom. The second-order valence-corrected chi connectivity index (χ2v) is 7.18. The van der Waals surface area contributed by atoms with Crippen molar-refractivity contribution in [1.82, 2.24) is 15.1 Å². The van der Waals surface area contributed by atoms with Gasteiger partial charge in [-0.3, -0.25) is 14.7 Å². The van der Waals surface area contributed by atoms with Crippen LogP contribution >= 0.6 is 11.6 Å². The number of amides is 2. The largest absolute Gasteiger partial charge is 0.378 e. The molecule has 7 nitrogen and oxygen atoms in total.